The standard InChI is InChI=1S/C15H15ClN2O4/c1-8-4-5-11(6-12(8)16)17-13(19)7-21-15(20)14-9(2)18-22-10(14)3/h4-6H,7H2,1-3H3,(H,17,19). The first-order valence-electron chi connectivity index (χ1n) is 6.54. The number of ether oxygens (including phenoxy) is 1. The van der Waals surface area contributed by atoms with E-state index in [2.05, 4.69) is 10.5 Å². The molecule has 7 heteroatoms. The fraction of sp³-hybridized carbons (Fsp3) is 0.267. The van der Waals surface area contributed by atoms with Gasteiger partial charge in [-0.25, -0.2) is 4.79 Å². The number of nitrogens with zero attached hydrogens (tertiary/aromatic N) is 1. The number of halogens is 1. The number of carbonyl (C=O) groups is 2. The molecule has 0 atom stereocenters. The molecule has 0 aliphatic carbocycles. The first-order chi connectivity index (χ1) is 10.4. The number of nitrogens with one attached hydrogen (secondary N) is 1. The Morgan fingerprint density at radius 1 is 1.32 bits per heavy atom. The number of hydrogen-bond acceptors (Lipinski definition) is 5. The van der Waals surface area contributed by atoms with Crippen LogP contribution >= 0.6 is 11.6 Å². The molecule has 0 fully saturated rings. The molecule has 2 aromatic rings. The maximum Gasteiger partial charge on any atom is 0.344 e. The Morgan fingerprint density at radius 2 is 2.05 bits per heavy atom. The maximum absolute atomic E-state index is 11.9. The predicted molar refractivity (Wildman–Crippen MR) is 81.1 cm³/mol. The second-order valence-electron chi connectivity index (χ2n) is 4.79. The Morgan fingerprint density at radius 3 is 2.64 bits per heavy atom. The van der Waals surface area contributed by atoms with E-state index >= 15 is 0 Å². The first kappa shape index (κ1) is 16.0. The molecule has 116 valence electrons. The van der Waals surface area contributed by atoms with Gasteiger partial charge in [0.15, 0.2) is 6.61 Å². The average molecular weight is 323 g/mol. The number of rotatable bonds is 4. The summed E-state index contributed by atoms with van der Waals surface area (Å²) in [6.07, 6.45) is 0. The highest BCUT2D eigenvalue weighted by Crippen LogP contribution is 2.20. The van der Waals surface area contributed by atoms with E-state index in [9.17, 15) is 9.59 Å². The molecule has 2 rings (SSSR count). The Bertz CT molecular complexity index is 705. The largest absolute Gasteiger partial charge is 0.452 e. The minimum atomic E-state index is -0.645. The lowest BCUT2D eigenvalue weighted by atomic mass is 10.2. The molecule has 1 heterocycles. The number of esters is 1. The van der Waals surface area contributed by atoms with Crippen LogP contribution in [0.25, 0.3) is 0 Å². The highest BCUT2D eigenvalue weighted by Gasteiger charge is 2.19. The SMILES string of the molecule is Cc1ccc(NC(=O)COC(=O)c2c(C)noc2C)cc1Cl. The lowest BCUT2D eigenvalue weighted by molar-refractivity contribution is -0.119. The molecule has 0 unspecified atom stereocenters. The Kier molecular flexibility index (Phi) is 4.82. The van der Waals surface area contributed by atoms with E-state index in [0.717, 1.165) is 5.56 Å². The van der Waals surface area contributed by atoms with Crippen LogP contribution in [0.2, 0.25) is 5.02 Å². The van der Waals surface area contributed by atoms with Gasteiger partial charge in [0, 0.05) is 10.7 Å². The van der Waals surface area contributed by atoms with E-state index in [4.69, 9.17) is 20.9 Å². The van der Waals surface area contributed by atoms with Gasteiger partial charge >= 0.3 is 5.97 Å². The topological polar surface area (TPSA) is 81.4 Å². The van der Waals surface area contributed by atoms with E-state index in [1.807, 2.05) is 6.92 Å². The number of aryl methyl sites for hydroxylation is 3. The molecule has 22 heavy (non-hydrogen) atoms. The van der Waals surface area contributed by atoms with Gasteiger partial charge < -0.3 is 14.6 Å². The van der Waals surface area contributed by atoms with Gasteiger partial charge in [-0.1, -0.05) is 22.8 Å². The van der Waals surface area contributed by atoms with Crippen molar-refractivity contribution in [1.82, 2.24) is 5.16 Å². The number of amides is 1. The summed E-state index contributed by atoms with van der Waals surface area (Å²) in [5, 5.41) is 6.81. The molecule has 1 N–H and O–H groups in total. The number of anilines is 1. The number of hydrogen-bond donors (Lipinski definition) is 1. The molecule has 0 saturated heterocycles. The van der Waals surface area contributed by atoms with Crippen LogP contribution in [0.5, 0.6) is 0 Å². The highest BCUT2D eigenvalue weighted by molar-refractivity contribution is 6.31. The van der Waals surface area contributed by atoms with Crippen molar-refractivity contribution in [2.45, 2.75) is 20.8 Å². The highest BCUT2D eigenvalue weighted by atomic mass is 35.5. The average Bonchev–Trinajstić information content (AvgIpc) is 2.80. The third-order valence-corrected chi connectivity index (χ3v) is 3.43. The van der Waals surface area contributed by atoms with Crippen LogP contribution in [-0.2, 0) is 9.53 Å². The molecule has 0 radical (unpaired) electrons. The molecule has 1 aromatic carbocycles. The Labute approximate surface area is 132 Å². The molecule has 0 aliphatic rings. The van der Waals surface area contributed by atoms with Crippen LogP contribution < -0.4 is 5.32 Å². The monoisotopic (exact) mass is 322 g/mol. The quantitative estimate of drug-likeness (QED) is 0.875. The summed E-state index contributed by atoms with van der Waals surface area (Å²) < 4.78 is 9.83. The Hall–Kier alpha value is -2.34. The maximum atomic E-state index is 11.9. The number of aromatic nitrogens is 1. The van der Waals surface area contributed by atoms with Crippen molar-refractivity contribution < 1.29 is 18.8 Å². The third kappa shape index (κ3) is 3.65. The van der Waals surface area contributed by atoms with Crippen molar-refractivity contribution in [3.8, 4) is 0 Å². The molecule has 1 aromatic heterocycles. The zero-order chi connectivity index (χ0) is 16.3. The van der Waals surface area contributed by atoms with Gasteiger partial charge in [0.25, 0.3) is 5.91 Å². The minimum Gasteiger partial charge on any atom is -0.452 e. The van der Waals surface area contributed by atoms with Gasteiger partial charge in [-0.05, 0) is 38.5 Å². The van der Waals surface area contributed by atoms with Crippen LogP contribution in [0.15, 0.2) is 22.7 Å². The minimum absolute atomic E-state index is 0.242. The molecular formula is C15H15ClN2O4. The van der Waals surface area contributed by atoms with Gasteiger partial charge in [0.2, 0.25) is 0 Å². The van der Waals surface area contributed by atoms with Crippen molar-refractivity contribution in [2.24, 2.45) is 0 Å². The predicted octanol–water partition coefficient (Wildman–Crippen LogP) is 3.05. The van der Waals surface area contributed by atoms with Crippen LogP contribution in [-0.4, -0.2) is 23.6 Å². The lowest BCUT2D eigenvalue weighted by Crippen LogP contribution is -2.21. The zero-order valence-electron chi connectivity index (χ0n) is 12.4. The summed E-state index contributed by atoms with van der Waals surface area (Å²) in [4.78, 5) is 23.7. The molecule has 0 aliphatic heterocycles. The summed E-state index contributed by atoms with van der Waals surface area (Å²) in [7, 11) is 0. The van der Waals surface area contributed by atoms with Crippen LogP contribution in [0.1, 0.15) is 27.4 Å². The molecule has 6 nitrogen and oxygen atoms in total. The van der Waals surface area contributed by atoms with E-state index in [0.29, 0.717) is 22.2 Å². The van der Waals surface area contributed by atoms with E-state index in [1.165, 1.54) is 0 Å². The normalized spacial score (nSPS) is 10.4. The van der Waals surface area contributed by atoms with Crippen molar-refractivity contribution >= 4 is 29.2 Å². The second-order valence-corrected chi connectivity index (χ2v) is 5.19. The molecule has 1 amide bonds. The summed E-state index contributed by atoms with van der Waals surface area (Å²) in [6, 6.07) is 5.13. The summed E-state index contributed by atoms with van der Waals surface area (Å²) in [5.74, 6) is -0.749. The summed E-state index contributed by atoms with van der Waals surface area (Å²) in [6.45, 7) is 4.68. The van der Waals surface area contributed by atoms with Crippen LogP contribution in [0, 0.1) is 20.8 Å². The van der Waals surface area contributed by atoms with Crippen molar-refractivity contribution in [2.75, 3.05) is 11.9 Å². The van der Waals surface area contributed by atoms with E-state index in [-0.39, 0.29) is 5.56 Å². The van der Waals surface area contributed by atoms with E-state index < -0.39 is 18.5 Å². The van der Waals surface area contributed by atoms with Crippen molar-refractivity contribution in [3.63, 3.8) is 0 Å². The summed E-state index contributed by atoms with van der Waals surface area (Å²) >= 11 is 5.97. The second kappa shape index (κ2) is 6.62. The van der Waals surface area contributed by atoms with Crippen molar-refractivity contribution in [3.05, 3.63) is 45.8 Å². The summed E-state index contributed by atoms with van der Waals surface area (Å²) in [5.41, 5.74) is 2.11. The molecule has 0 spiro atoms. The van der Waals surface area contributed by atoms with Gasteiger partial charge in [0.1, 0.15) is 11.3 Å². The van der Waals surface area contributed by atoms with Gasteiger partial charge in [-0.2, -0.15) is 0 Å². The van der Waals surface area contributed by atoms with Crippen LogP contribution in [0.3, 0.4) is 0 Å². The van der Waals surface area contributed by atoms with Crippen molar-refractivity contribution in [1.29, 1.82) is 0 Å². The third-order valence-electron chi connectivity index (χ3n) is 3.03. The molecule has 0 saturated carbocycles. The smallest absolute Gasteiger partial charge is 0.344 e. The van der Waals surface area contributed by atoms with E-state index in [1.54, 1.807) is 32.0 Å². The van der Waals surface area contributed by atoms with Crippen LogP contribution in [0.4, 0.5) is 5.69 Å². The molecular weight excluding hydrogens is 308 g/mol. The van der Waals surface area contributed by atoms with Gasteiger partial charge in [-0.15, -0.1) is 0 Å². The molecule has 0 bridgehead atoms. The Balaban J connectivity index is 1.93. The lowest BCUT2D eigenvalue weighted by Gasteiger charge is -2.07. The number of benzene rings is 1. The zero-order valence-corrected chi connectivity index (χ0v) is 13.2. The number of carbonyl (C=O) groups excluding carboxylic acids is 2. The van der Waals surface area contributed by atoms with Gasteiger partial charge in [-0.3, -0.25) is 4.79 Å². The fourth-order valence-corrected chi connectivity index (χ4v) is 2.03. The fourth-order valence-electron chi connectivity index (χ4n) is 1.85. The van der Waals surface area contributed by atoms with Gasteiger partial charge in [0.05, 0.1) is 5.69 Å². The first-order valence-corrected chi connectivity index (χ1v) is 6.92.